The number of benzene rings is 1. The molecule has 2 heterocycles. The highest BCUT2D eigenvalue weighted by atomic mass is 32.2. The fraction of sp³-hybridized carbons (Fsp3) is 0.526. The summed E-state index contributed by atoms with van der Waals surface area (Å²) in [4.78, 5) is 39.8. The number of carbonyl (C=O) groups is 3. The first-order valence-corrected chi connectivity index (χ1v) is 11.0. The smallest absolute Gasteiger partial charge is 0.261 e. The molecule has 7 nitrogen and oxygen atoms in total. The van der Waals surface area contributed by atoms with Crippen molar-refractivity contribution in [2.45, 2.75) is 37.9 Å². The molecule has 0 radical (unpaired) electrons. The number of nitrogens with zero attached hydrogens (tertiary/aromatic N) is 2. The molecule has 27 heavy (non-hydrogen) atoms. The van der Waals surface area contributed by atoms with Crippen LogP contribution in [-0.2, 0) is 14.6 Å². The highest BCUT2D eigenvalue weighted by molar-refractivity contribution is 7.92. The van der Waals surface area contributed by atoms with Crippen LogP contribution in [0.2, 0.25) is 0 Å². The maximum absolute atomic E-state index is 12.4. The van der Waals surface area contributed by atoms with E-state index in [0.29, 0.717) is 43.5 Å². The summed E-state index contributed by atoms with van der Waals surface area (Å²) in [6.07, 6.45) is 1.58. The number of fused-ring (bicyclic) bond motifs is 1. The summed E-state index contributed by atoms with van der Waals surface area (Å²) >= 11 is 0. The highest BCUT2D eigenvalue weighted by Gasteiger charge is 2.35. The van der Waals surface area contributed by atoms with Gasteiger partial charge in [-0.25, -0.2) is 8.42 Å². The number of rotatable bonds is 6. The lowest BCUT2D eigenvalue weighted by atomic mass is 10.1. The molecule has 1 fully saturated rings. The van der Waals surface area contributed by atoms with Crippen molar-refractivity contribution in [3.8, 4) is 0 Å². The fourth-order valence-corrected chi connectivity index (χ4v) is 5.09. The van der Waals surface area contributed by atoms with Gasteiger partial charge in [0.2, 0.25) is 5.91 Å². The molecule has 1 aromatic rings. The maximum Gasteiger partial charge on any atom is 0.261 e. The minimum Gasteiger partial charge on any atom is -0.343 e. The minimum absolute atomic E-state index is 0.0565. The van der Waals surface area contributed by atoms with Gasteiger partial charge in [-0.3, -0.25) is 19.3 Å². The quantitative estimate of drug-likeness (QED) is 0.684. The van der Waals surface area contributed by atoms with Gasteiger partial charge >= 0.3 is 0 Å². The molecule has 0 aromatic heterocycles. The van der Waals surface area contributed by atoms with Gasteiger partial charge in [0, 0.05) is 31.8 Å². The van der Waals surface area contributed by atoms with E-state index in [2.05, 4.69) is 0 Å². The molecule has 0 saturated carbocycles. The predicted molar refractivity (Wildman–Crippen MR) is 100 cm³/mol. The molecule has 2 aliphatic rings. The molecule has 0 bridgehead atoms. The zero-order valence-electron chi connectivity index (χ0n) is 15.4. The second-order valence-corrected chi connectivity index (χ2v) is 9.51. The van der Waals surface area contributed by atoms with Crippen molar-refractivity contribution in [2.75, 3.05) is 25.4 Å². The van der Waals surface area contributed by atoms with Crippen LogP contribution in [0.1, 0.15) is 53.3 Å². The minimum atomic E-state index is -3.06. The Morgan fingerprint density at radius 3 is 2.15 bits per heavy atom. The zero-order chi connectivity index (χ0) is 19.6. The Bertz CT molecular complexity index is 822. The van der Waals surface area contributed by atoms with Crippen LogP contribution in [0.5, 0.6) is 0 Å². The first-order chi connectivity index (χ1) is 12.8. The van der Waals surface area contributed by atoms with Crippen LogP contribution in [0.25, 0.3) is 0 Å². The van der Waals surface area contributed by atoms with Gasteiger partial charge in [-0.15, -0.1) is 0 Å². The van der Waals surface area contributed by atoms with Crippen molar-refractivity contribution in [1.82, 2.24) is 9.80 Å². The van der Waals surface area contributed by atoms with Gasteiger partial charge < -0.3 is 4.90 Å². The summed E-state index contributed by atoms with van der Waals surface area (Å²) < 4.78 is 23.9. The van der Waals surface area contributed by atoms with E-state index < -0.39 is 9.84 Å². The number of likely N-dealkylation sites (tertiary alicyclic amines) is 1. The number of sulfone groups is 1. The van der Waals surface area contributed by atoms with E-state index in [0.717, 1.165) is 0 Å². The van der Waals surface area contributed by atoms with Gasteiger partial charge in [-0.2, -0.15) is 0 Å². The molecular formula is C19H24N2O5S. The molecule has 3 amide bonds. The fourth-order valence-electron chi connectivity index (χ4n) is 3.69. The number of carbonyl (C=O) groups excluding carboxylic acids is 3. The van der Waals surface area contributed by atoms with E-state index in [4.69, 9.17) is 0 Å². The van der Waals surface area contributed by atoms with E-state index in [1.54, 1.807) is 36.1 Å². The normalized spacial score (nSPS) is 18.1. The standard InChI is InChI=1S/C19H24N2O5S/c1-2-27(25,26)14-9-12-20(13-10-14)17(22)8-5-11-21-18(23)15-6-3-4-7-16(15)19(21)24/h3-4,6-7,14H,2,5,8-13H2,1H3. The molecule has 1 saturated heterocycles. The molecule has 146 valence electrons. The van der Waals surface area contributed by atoms with E-state index >= 15 is 0 Å². The Balaban J connectivity index is 1.47. The number of hydrogen-bond acceptors (Lipinski definition) is 5. The Hall–Kier alpha value is -2.22. The maximum atomic E-state index is 12.4. The van der Waals surface area contributed by atoms with E-state index in [-0.39, 0.29) is 41.7 Å². The average Bonchev–Trinajstić information content (AvgIpc) is 2.93. The van der Waals surface area contributed by atoms with Crippen LogP contribution in [0.3, 0.4) is 0 Å². The SMILES string of the molecule is CCS(=O)(=O)C1CCN(C(=O)CCCN2C(=O)c3ccccc3C2=O)CC1. The highest BCUT2D eigenvalue weighted by Crippen LogP contribution is 2.23. The summed E-state index contributed by atoms with van der Waals surface area (Å²) in [7, 11) is -3.06. The predicted octanol–water partition coefficient (Wildman–Crippen LogP) is 1.49. The lowest BCUT2D eigenvalue weighted by molar-refractivity contribution is -0.132. The molecular weight excluding hydrogens is 368 g/mol. The van der Waals surface area contributed by atoms with Gasteiger partial charge in [-0.05, 0) is 31.4 Å². The Kier molecular flexibility index (Phi) is 5.64. The molecule has 0 unspecified atom stereocenters. The van der Waals surface area contributed by atoms with E-state index in [1.807, 2.05) is 0 Å². The Labute approximate surface area is 159 Å². The van der Waals surface area contributed by atoms with Gasteiger partial charge in [0.1, 0.15) is 0 Å². The third-order valence-corrected chi connectivity index (χ3v) is 7.65. The van der Waals surface area contributed by atoms with Crippen molar-refractivity contribution in [1.29, 1.82) is 0 Å². The summed E-state index contributed by atoms with van der Waals surface area (Å²) in [6.45, 7) is 2.73. The second kappa shape index (κ2) is 7.80. The Morgan fingerprint density at radius 2 is 1.63 bits per heavy atom. The van der Waals surface area contributed by atoms with Crippen molar-refractivity contribution >= 4 is 27.6 Å². The average molecular weight is 392 g/mol. The van der Waals surface area contributed by atoms with E-state index in [1.165, 1.54) is 4.90 Å². The summed E-state index contributed by atoms with van der Waals surface area (Å²) in [6, 6.07) is 6.71. The number of amides is 3. The molecule has 8 heteroatoms. The summed E-state index contributed by atoms with van der Waals surface area (Å²) in [5.41, 5.74) is 0.820. The zero-order valence-corrected chi connectivity index (χ0v) is 16.2. The van der Waals surface area contributed by atoms with E-state index in [9.17, 15) is 22.8 Å². The van der Waals surface area contributed by atoms with Crippen LogP contribution in [0.4, 0.5) is 0 Å². The van der Waals surface area contributed by atoms with Gasteiger partial charge in [0.25, 0.3) is 11.8 Å². The van der Waals surface area contributed by atoms with Crippen LogP contribution >= 0.6 is 0 Å². The molecule has 1 aromatic carbocycles. The van der Waals surface area contributed by atoms with Crippen LogP contribution in [-0.4, -0.2) is 66.6 Å². The topological polar surface area (TPSA) is 91.8 Å². The largest absolute Gasteiger partial charge is 0.343 e. The molecule has 0 N–H and O–H groups in total. The van der Waals surface area contributed by atoms with Crippen LogP contribution in [0, 0.1) is 0 Å². The number of piperidine rings is 1. The molecule has 0 spiro atoms. The van der Waals surface area contributed by atoms with Crippen molar-refractivity contribution in [3.05, 3.63) is 35.4 Å². The first-order valence-electron chi connectivity index (χ1n) is 9.29. The molecule has 3 rings (SSSR count). The lowest BCUT2D eigenvalue weighted by Gasteiger charge is -2.31. The summed E-state index contributed by atoms with van der Waals surface area (Å²) in [5.74, 6) is -0.549. The van der Waals surface area contributed by atoms with Gasteiger partial charge in [0.15, 0.2) is 9.84 Å². The Morgan fingerprint density at radius 1 is 1.07 bits per heavy atom. The van der Waals surface area contributed by atoms with Crippen molar-refractivity contribution in [3.63, 3.8) is 0 Å². The van der Waals surface area contributed by atoms with Crippen LogP contribution in [0.15, 0.2) is 24.3 Å². The molecule has 0 atom stereocenters. The summed E-state index contributed by atoms with van der Waals surface area (Å²) in [5, 5.41) is -0.357. The first kappa shape index (κ1) is 19.5. The monoisotopic (exact) mass is 392 g/mol. The van der Waals surface area contributed by atoms with Crippen molar-refractivity contribution < 1.29 is 22.8 Å². The third kappa shape index (κ3) is 3.90. The lowest BCUT2D eigenvalue weighted by Crippen LogP contribution is -2.43. The molecule has 2 aliphatic heterocycles. The molecule has 0 aliphatic carbocycles. The van der Waals surface area contributed by atoms with Crippen molar-refractivity contribution in [2.24, 2.45) is 0 Å². The second-order valence-electron chi connectivity index (χ2n) is 6.94. The van der Waals surface area contributed by atoms with Gasteiger partial charge in [0.05, 0.1) is 16.4 Å². The van der Waals surface area contributed by atoms with Crippen LogP contribution < -0.4 is 0 Å². The van der Waals surface area contributed by atoms with Gasteiger partial charge in [-0.1, -0.05) is 19.1 Å². The number of imide groups is 1. The third-order valence-electron chi connectivity index (χ3n) is 5.36. The number of hydrogen-bond donors (Lipinski definition) is 0.